The lowest BCUT2D eigenvalue weighted by molar-refractivity contribution is 0.198. The van der Waals surface area contributed by atoms with Crippen LogP contribution in [-0.4, -0.2) is 10.9 Å². The van der Waals surface area contributed by atoms with E-state index in [9.17, 15) is 0 Å². The molecule has 1 aliphatic carbocycles. The van der Waals surface area contributed by atoms with Crippen molar-refractivity contribution in [3.05, 3.63) is 0 Å². The summed E-state index contributed by atoms with van der Waals surface area (Å²) in [7, 11) is 0. The highest BCUT2D eigenvalue weighted by atomic mass is 32.2. The van der Waals surface area contributed by atoms with E-state index in [4.69, 9.17) is 11.6 Å². The van der Waals surface area contributed by atoms with Crippen LogP contribution in [0.2, 0.25) is 0 Å². The summed E-state index contributed by atoms with van der Waals surface area (Å²) in [6.07, 6.45) is 3.99. The number of nitrogens with two attached hydrogens (primary N) is 2. The Morgan fingerprint density at radius 3 is 2.64 bits per heavy atom. The zero-order valence-corrected chi connectivity index (χ0v) is 7.66. The summed E-state index contributed by atoms with van der Waals surface area (Å²) in [5, 5.41) is 3.91. The van der Waals surface area contributed by atoms with E-state index in [1.807, 2.05) is 0 Å². The maximum absolute atomic E-state index is 5.45. The highest BCUT2D eigenvalue weighted by Crippen LogP contribution is 2.42. The number of hydrazone groups is 1. The molecule has 4 N–H and O–H groups in total. The summed E-state index contributed by atoms with van der Waals surface area (Å²) in [5.41, 5.74) is 5.95. The molecule has 64 valence electrons. The minimum atomic E-state index is 0.498. The van der Waals surface area contributed by atoms with E-state index >= 15 is 0 Å². The van der Waals surface area contributed by atoms with E-state index in [2.05, 4.69) is 12.0 Å². The molecular weight excluding hydrogens is 158 g/mol. The van der Waals surface area contributed by atoms with Crippen molar-refractivity contribution in [3.63, 3.8) is 0 Å². The van der Waals surface area contributed by atoms with Gasteiger partial charge >= 0.3 is 0 Å². The summed E-state index contributed by atoms with van der Waals surface area (Å²) in [6.45, 7) is 2.29. The lowest BCUT2D eigenvalue weighted by atomic mass is 9.72. The average molecular weight is 173 g/mol. The smallest absolute Gasteiger partial charge is 0.177 e. The van der Waals surface area contributed by atoms with Crippen LogP contribution in [0.3, 0.4) is 0 Å². The van der Waals surface area contributed by atoms with Gasteiger partial charge in [0.1, 0.15) is 0 Å². The Morgan fingerprint density at radius 1 is 1.64 bits per heavy atom. The fourth-order valence-electron chi connectivity index (χ4n) is 1.21. The highest BCUT2D eigenvalue weighted by molar-refractivity contribution is 8.13. The second kappa shape index (κ2) is 3.34. The molecule has 0 aliphatic heterocycles. The largest absolute Gasteiger partial charge is 0.377 e. The molecular formula is C7H15N3S. The van der Waals surface area contributed by atoms with E-state index in [1.165, 1.54) is 19.3 Å². The number of amidine groups is 1. The van der Waals surface area contributed by atoms with E-state index in [-0.39, 0.29) is 0 Å². The number of hydrogen-bond donors (Lipinski definition) is 2. The number of rotatable bonds is 2. The first-order valence-corrected chi connectivity index (χ1v) is 4.81. The molecule has 1 rings (SSSR count). The predicted molar refractivity (Wildman–Crippen MR) is 50.2 cm³/mol. The Bertz CT molecular complexity index is 163. The van der Waals surface area contributed by atoms with Crippen LogP contribution in [-0.2, 0) is 0 Å². The van der Waals surface area contributed by atoms with Gasteiger partial charge in [0.05, 0.1) is 0 Å². The van der Waals surface area contributed by atoms with Crippen molar-refractivity contribution < 1.29 is 0 Å². The third-order valence-corrected chi connectivity index (χ3v) is 3.50. The quantitative estimate of drug-likeness (QED) is 0.284. The normalized spacial score (nSPS) is 22.8. The molecule has 0 saturated heterocycles. The lowest BCUT2D eigenvalue weighted by Gasteiger charge is -2.37. The van der Waals surface area contributed by atoms with Crippen LogP contribution in [0.4, 0.5) is 0 Å². The monoisotopic (exact) mass is 173 g/mol. The maximum Gasteiger partial charge on any atom is 0.177 e. The molecule has 0 aromatic rings. The molecule has 1 fully saturated rings. The summed E-state index contributed by atoms with van der Waals surface area (Å²) in [5.74, 6) is 6.06. The molecule has 0 amide bonds. The summed E-state index contributed by atoms with van der Waals surface area (Å²) in [4.78, 5) is 0. The van der Waals surface area contributed by atoms with Gasteiger partial charge in [0, 0.05) is 5.75 Å². The van der Waals surface area contributed by atoms with Gasteiger partial charge in [-0.3, -0.25) is 0 Å². The third kappa shape index (κ3) is 2.29. The molecule has 1 aliphatic rings. The van der Waals surface area contributed by atoms with Crippen molar-refractivity contribution >= 4 is 16.9 Å². The molecule has 0 spiro atoms. The highest BCUT2D eigenvalue weighted by Gasteiger charge is 2.31. The van der Waals surface area contributed by atoms with Gasteiger partial charge in [0.2, 0.25) is 0 Å². The zero-order chi connectivity index (χ0) is 8.32. The van der Waals surface area contributed by atoms with Crippen LogP contribution in [0.1, 0.15) is 26.2 Å². The van der Waals surface area contributed by atoms with Crippen LogP contribution >= 0.6 is 11.8 Å². The maximum atomic E-state index is 5.45. The topological polar surface area (TPSA) is 64.4 Å². The Balaban J connectivity index is 2.21. The summed E-state index contributed by atoms with van der Waals surface area (Å²) >= 11 is 1.56. The molecule has 1 saturated carbocycles. The molecule has 0 atom stereocenters. The van der Waals surface area contributed by atoms with Gasteiger partial charge in [0.25, 0.3) is 0 Å². The minimum Gasteiger partial charge on any atom is -0.377 e. The van der Waals surface area contributed by atoms with Crippen LogP contribution in [0.5, 0.6) is 0 Å². The molecule has 0 bridgehead atoms. The Labute approximate surface area is 71.6 Å². The molecule has 0 radical (unpaired) electrons. The van der Waals surface area contributed by atoms with Gasteiger partial charge in [-0.05, 0) is 18.3 Å². The van der Waals surface area contributed by atoms with Crippen molar-refractivity contribution in [2.75, 3.05) is 5.75 Å². The molecule has 4 heteroatoms. The number of thioether (sulfide) groups is 1. The van der Waals surface area contributed by atoms with Crippen LogP contribution in [0.15, 0.2) is 5.10 Å². The summed E-state index contributed by atoms with van der Waals surface area (Å²) < 4.78 is 0. The van der Waals surface area contributed by atoms with Gasteiger partial charge in [0.15, 0.2) is 5.17 Å². The van der Waals surface area contributed by atoms with E-state index in [1.54, 1.807) is 11.8 Å². The van der Waals surface area contributed by atoms with E-state index < -0.39 is 0 Å². The van der Waals surface area contributed by atoms with Crippen molar-refractivity contribution in [2.45, 2.75) is 26.2 Å². The van der Waals surface area contributed by atoms with Crippen molar-refractivity contribution in [1.29, 1.82) is 0 Å². The summed E-state index contributed by atoms with van der Waals surface area (Å²) in [6, 6.07) is 0. The molecule has 0 aromatic heterocycles. The van der Waals surface area contributed by atoms with Crippen molar-refractivity contribution in [1.82, 2.24) is 0 Å². The first-order valence-electron chi connectivity index (χ1n) is 3.82. The SMILES string of the molecule is CC1(CS/C(N)=N/N)CCC1. The Kier molecular flexibility index (Phi) is 2.65. The average Bonchev–Trinajstić information content (AvgIpc) is 1.96. The molecule has 0 aromatic carbocycles. The zero-order valence-electron chi connectivity index (χ0n) is 6.84. The van der Waals surface area contributed by atoms with E-state index in [0.29, 0.717) is 10.6 Å². The fraction of sp³-hybridized carbons (Fsp3) is 0.857. The third-order valence-electron chi connectivity index (χ3n) is 2.26. The number of nitrogens with zero attached hydrogens (tertiary/aromatic N) is 1. The van der Waals surface area contributed by atoms with Gasteiger partial charge in [-0.2, -0.15) is 5.10 Å². The molecule has 0 heterocycles. The molecule has 3 nitrogen and oxygen atoms in total. The van der Waals surface area contributed by atoms with E-state index in [0.717, 1.165) is 5.75 Å². The van der Waals surface area contributed by atoms with Crippen LogP contribution < -0.4 is 11.6 Å². The second-order valence-corrected chi connectivity index (χ2v) is 4.42. The molecule has 11 heavy (non-hydrogen) atoms. The first-order chi connectivity index (χ1) is 5.16. The van der Waals surface area contributed by atoms with Gasteiger partial charge in [-0.1, -0.05) is 25.1 Å². The Morgan fingerprint density at radius 2 is 2.27 bits per heavy atom. The van der Waals surface area contributed by atoms with Crippen LogP contribution in [0.25, 0.3) is 0 Å². The second-order valence-electron chi connectivity index (χ2n) is 3.42. The van der Waals surface area contributed by atoms with Gasteiger partial charge < -0.3 is 11.6 Å². The fourth-order valence-corrected chi connectivity index (χ4v) is 2.07. The minimum absolute atomic E-state index is 0.498. The van der Waals surface area contributed by atoms with Gasteiger partial charge in [-0.15, -0.1) is 0 Å². The standard InChI is InChI=1S/C7H15N3S/c1-7(3-2-4-7)5-11-6(8)10-9/h2-5,9H2,1H3,(H2,8,10). The predicted octanol–water partition coefficient (Wildman–Crippen LogP) is 1.10. The lowest BCUT2D eigenvalue weighted by Crippen LogP contribution is -2.29. The Hall–Kier alpha value is -0.380. The van der Waals surface area contributed by atoms with Gasteiger partial charge in [-0.25, -0.2) is 0 Å². The molecule has 0 unspecified atom stereocenters. The first kappa shape index (κ1) is 8.71. The van der Waals surface area contributed by atoms with Crippen LogP contribution in [0, 0.1) is 5.41 Å². The van der Waals surface area contributed by atoms with Crippen molar-refractivity contribution in [3.8, 4) is 0 Å². The number of hydrogen-bond acceptors (Lipinski definition) is 3. The van der Waals surface area contributed by atoms with Crippen molar-refractivity contribution in [2.24, 2.45) is 22.1 Å².